The molecule has 3 nitrogen and oxygen atoms in total. The summed E-state index contributed by atoms with van der Waals surface area (Å²) in [6.07, 6.45) is 1.76. The zero-order chi connectivity index (χ0) is 14.8. The van der Waals surface area contributed by atoms with Crippen molar-refractivity contribution in [3.8, 4) is 11.1 Å². The molecule has 1 amide bonds. The molecule has 0 aliphatic carbocycles. The first-order valence-electron chi connectivity index (χ1n) is 6.86. The van der Waals surface area contributed by atoms with E-state index < -0.39 is 0 Å². The van der Waals surface area contributed by atoms with Gasteiger partial charge in [-0.15, -0.1) is 0 Å². The molecule has 0 saturated carbocycles. The van der Waals surface area contributed by atoms with E-state index in [0.717, 1.165) is 27.7 Å². The molecule has 0 saturated heterocycles. The fourth-order valence-corrected chi connectivity index (χ4v) is 2.47. The van der Waals surface area contributed by atoms with Gasteiger partial charge in [0, 0.05) is 25.6 Å². The fourth-order valence-electron chi connectivity index (χ4n) is 2.47. The van der Waals surface area contributed by atoms with E-state index in [-0.39, 0.29) is 5.91 Å². The Labute approximate surface area is 123 Å². The van der Waals surface area contributed by atoms with Crippen LogP contribution in [-0.4, -0.2) is 17.9 Å². The SMILES string of the molecule is CC(=O)N(C)c1ccc(-c2ccccc2)c2cccnc12. The Kier molecular flexibility index (Phi) is 3.40. The number of hydrogen-bond donors (Lipinski definition) is 0. The summed E-state index contributed by atoms with van der Waals surface area (Å²) in [6.45, 7) is 1.56. The lowest BCUT2D eigenvalue weighted by atomic mass is 9.99. The van der Waals surface area contributed by atoms with E-state index in [4.69, 9.17) is 0 Å². The van der Waals surface area contributed by atoms with Crippen molar-refractivity contribution in [3.63, 3.8) is 0 Å². The van der Waals surface area contributed by atoms with Gasteiger partial charge in [0.15, 0.2) is 0 Å². The van der Waals surface area contributed by atoms with Gasteiger partial charge in [-0.3, -0.25) is 9.78 Å². The second-order valence-electron chi connectivity index (χ2n) is 4.98. The molecule has 21 heavy (non-hydrogen) atoms. The van der Waals surface area contributed by atoms with Gasteiger partial charge in [-0.1, -0.05) is 42.5 Å². The summed E-state index contributed by atoms with van der Waals surface area (Å²) in [4.78, 5) is 17.7. The second-order valence-corrected chi connectivity index (χ2v) is 4.98. The molecule has 3 rings (SSSR count). The summed E-state index contributed by atoms with van der Waals surface area (Å²) in [5.41, 5.74) is 3.95. The first-order valence-corrected chi connectivity index (χ1v) is 6.86. The van der Waals surface area contributed by atoms with Crippen LogP contribution in [0, 0.1) is 0 Å². The molecule has 104 valence electrons. The van der Waals surface area contributed by atoms with Crippen LogP contribution in [0.1, 0.15) is 6.92 Å². The van der Waals surface area contributed by atoms with Gasteiger partial charge in [-0.25, -0.2) is 0 Å². The highest BCUT2D eigenvalue weighted by atomic mass is 16.2. The number of amides is 1. The van der Waals surface area contributed by atoms with E-state index in [2.05, 4.69) is 17.1 Å². The van der Waals surface area contributed by atoms with Crippen LogP contribution in [0.15, 0.2) is 60.8 Å². The Morgan fingerprint density at radius 1 is 1.00 bits per heavy atom. The van der Waals surface area contributed by atoms with E-state index in [1.165, 1.54) is 0 Å². The lowest BCUT2D eigenvalue weighted by molar-refractivity contribution is -0.116. The van der Waals surface area contributed by atoms with E-state index in [1.54, 1.807) is 25.1 Å². The summed E-state index contributed by atoms with van der Waals surface area (Å²) in [5, 5.41) is 1.05. The standard InChI is InChI=1S/C18H16N2O/c1-13(21)20(2)17-11-10-15(14-7-4-3-5-8-14)16-9-6-12-19-18(16)17/h3-12H,1-2H3. The Bertz CT molecular complexity index is 797. The van der Waals surface area contributed by atoms with Crippen molar-refractivity contribution in [2.45, 2.75) is 6.92 Å². The highest BCUT2D eigenvalue weighted by Crippen LogP contribution is 2.33. The molecule has 0 aliphatic rings. The van der Waals surface area contributed by atoms with Crippen LogP contribution >= 0.6 is 0 Å². The lowest BCUT2D eigenvalue weighted by Gasteiger charge is -2.18. The quantitative estimate of drug-likeness (QED) is 0.711. The summed E-state index contributed by atoms with van der Waals surface area (Å²) in [6, 6.07) is 18.2. The third kappa shape index (κ3) is 2.38. The molecule has 1 heterocycles. The first-order chi connectivity index (χ1) is 10.2. The maximum Gasteiger partial charge on any atom is 0.223 e. The van der Waals surface area contributed by atoms with Gasteiger partial charge in [0.05, 0.1) is 11.2 Å². The highest BCUT2D eigenvalue weighted by molar-refractivity contribution is 6.06. The number of nitrogens with zero attached hydrogens (tertiary/aromatic N) is 2. The molecule has 1 aromatic heterocycles. The van der Waals surface area contributed by atoms with Crippen molar-refractivity contribution in [2.75, 3.05) is 11.9 Å². The largest absolute Gasteiger partial charge is 0.314 e. The third-order valence-corrected chi connectivity index (χ3v) is 3.67. The Morgan fingerprint density at radius 2 is 1.76 bits per heavy atom. The minimum absolute atomic E-state index is 0.00517. The smallest absolute Gasteiger partial charge is 0.223 e. The van der Waals surface area contributed by atoms with Crippen LogP contribution in [0.25, 0.3) is 22.0 Å². The number of carbonyl (C=O) groups is 1. The second kappa shape index (κ2) is 5.37. The van der Waals surface area contributed by atoms with Gasteiger partial charge in [0.25, 0.3) is 0 Å². The predicted molar refractivity (Wildman–Crippen MR) is 86.3 cm³/mol. The number of aromatic nitrogens is 1. The Balaban J connectivity index is 2.27. The number of carbonyl (C=O) groups excluding carboxylic acids is 1. The first kappa shape index (κ1) is 13.3. The molecule has 3 heteroatoms. The van der Waals surface area contributed by atoms with Crippen LogP contribution in [0.2, 0.25) is 0 Å². The van der Waals surface area contributed by atoms with Crippen LogP contribution in [-0.2, 0) is 4.79 Å². The molecule has 0 radical (unpaired) electrons. The fraction of sp³-hybridized carbons (Fsp3) is 0.111. The van der Waals surface area contributed by atoms with E-state index >= 15 is 0 Å². The molecule has 0 spiro atoms. The number of fused-ring (bicyclic) bond motifs is 1. The lowest BCUT2D eigenvalue weighted by Crippen LogP contribution is -2.23. The summed E-state index contributed by atoms with van der Waals surface area (Å²) in [5.74, 6) is -0.00517. The third-order valence-electron chi connectivity index (χ3n) is 3.67. The maximum atomic E-state index is 11.6. The summed E-state index contributed by atoms with van der Waals surface area (Å²) >= 11 is 0. The summed E-state index contributed by atoms with van der Waals surface area (Å²) < 4.78 is 0. The Hall–Kier alpha value is -2.68. The van der Waals surface area contributed by atoms with Crippen LogP contribution in [0.4, 0.5) is 5.69 Å². The van der Waals surface area contributed by atoms with Crippen molar-refractivity contribution >= 4 is 22.5 Å². The maximum absolute atomic E-state index is 11.6. The zero-order valence-electron chi connectivity index (χ0n) is 12.1. The van der Waals surface area contributed by atoms with Gasteiger partial charge in [-0.2, -0.15) is 0 Å². The molecule has 3 aromatic rings. The molecular weight excluding hydrogens is 260 g/mol. The molecule has 0 atom stereocenters. The molecule has 0 bridgehead atoms. The minimum Gasteiger partial charge on any atom is -0.314 e. The van der Waals surface area contributed by atoms with E-state index in [0.29, 0.717) is 0 Å². The molecule has 0 fully saturated rings. The minimum atomic E-state index is -0.00517. The van der Waals surface area contributed by atoms with Crippen molar-refractivity contribution in [1.82, 2.24) is 4.98 Å². The van der Waals surface area contributed by atoms with Gasteiger partial charge >= 0.3 is 0 Å². The van der Waals surface area contributed by atoms with E-state index in [9.17, 15) is 4.79 Å². The molecule has 0 aliphatic heterocycles. The van der Waals surface area contributed by atoms with Crippen molar-refractivity contribution in [2.24, 2.45) is 0 Å². The molecule has 2 aromatic carbocycles. The van der Waals surface area contributed by atoms with Crippen LogP contribution in [0.3, 0.4) is 0 Å². The highest BCUT2D eigenvalue weighted by Gasteiger charge is 2.13. The predicted octanol–water partition coefficient (Wildman–Crippen LogP) is 3.88. The Morgan fingerprint density at radius 3 is 2.48 bits per heavy atom. The average Bonchev–Trinajstić information content (AvgIpc) is 2.54. The topological polar surface area (TPSA) is 33.2 Å². The number of hydrogen-bond acceptors (Lipinski definition) is 2. The van der Waals surface area contributed by atoms with Crippen molar-refractivity contribution in [3.05, 3.63) is 60.8 Å². The monoisotopic (exact) mass is 276 g/mol. The van der Waals surface area contributed by atoms with Gasteiger partial charge in [0.2, 0.25) is 5.91 Å². The van der Waals surface area contributed by atoms with Crippen LogP contribution in [0.5, 0.6) is 0 Å². The molecular formula is C18H16N2O. The van der Waals surface area contributed by atoms with Crippen molar-refractivity contribution < 1.29 is 4.79 Å². The van der Waals surface area contributed by atoms with Gasteiger partial charge in [0.1, 0.15) is 0 Å². The van der Waals surface area contributed by atoms with Gasteiger partial charge in [-0.05, 0) is 23.3 Å². The van der Waals surface area contributed by atoms with Gasteiger partial charge < -0.3 is 4.90 Å². The average molecular weight is 276 g/mol. The number of anilines is 1. The summed E-state index contributed by atoms with van der Waals surface area (Å²) in [7, 11) is 1.77. The molecule has 0 unspecified atom stereocenters. The van der Waals surface area contributed by atoms with Crippen molar-refractivity contribution in [1.29, 1.82) is 0 Å². The number of benzene rings is 2. The normalized spacial score (nSPS) is 10.6. The molecule has 0 N–H and O–H groups in total. The van der Waals surface area contributed by atoms with Crippen LogP contribution < -0.4 is 4.90 Å². The number of pyridine rings is 1. The van der Waals surface area contributed by atoms with E-state index in [1.807, 2.05) is 42.5 Å². The number of rotatable bonds is 2. The zero-order valence-corrected chi connectivity index (χ0v) is 12.1.